The summed E-state index contributed by atoms with van der Waals surface area (Å²) in [5, 5.41) is 20.2. The highest BCUT2D eigenvalue weighted by Gasteiger charge is 2.26. The average molecular weight is 307 g/mol. The van der Waals surface area contributed by atoms with Crippen LogP contribution in [0, 0.1) is 10.1 Å². The molecule has 1 aliphatic rings. The molecule has 0 saturated carbocycles. The molecule has 1 fully saturated rings. The van der Waals surface area contributed by atoms with Gasteiger partial charge in [0.25, 0.3) is 5.69 Å². The molecule has 1 aromatic carbocycles. The second kappa shape index (κ2) is 7.33. The molecule has 0 radical (unpaired) electrons. The number of hydrogen-bond acceptors (Lipinski definition) is 5. The molecule has 7 nitrogen and oxygen atoms in total. The maximum Gasteiger partial charge on any atom is 0.274 e. The van der Waals surface area contributed by atoms with Crippen LogP contribution in [0.5, 0.6) is 0 Å². The van der Waals surface area contributed by atoms with Gasteiger partial charge < -0.3 is 10.8 Å². The van der Waals surface area contributed by atoms with Crippen molar-refractivity contribution in [3.8, 4) is 0 Å². The van der Waals surface area contributed by atoms with Gasteiger partial charge in [-0.15, -0.1) is 0 Å². The van der Waals surface area contributed by atoms with E-state index >= 15 is 0 Å². The SMILES string of the molecule is NC(=O)c1ccc(CN2CCCC2CCCO)c([N+](=O)[O-])c1. The van der Waals surface area contributed by atoms with Crippen molar-refractivity contribution in [3.63, 3.8) is 0 Å². The zero-order valence-electron chi connectivity index (χ0n) is 12.4. The molecule has 120 valence electrons. The maximum atomic E-state index is 11.2. The zero-order valence-corrected chi connectivity index (χ0v) is 12.4. The van der Waals surface area contributed by atoms with Crippen LogP contribution < -0.4 is 5.73 Å². The van der Waals surface area contributed by atoms with E-state index in [9.17, 15) is 14.9 Å². The summed E-state index contributed by atoms with van der Waals surface area (Å²) in [7, 11) is 0. The van der Waals surface area contributed by atoms with Gasteiger partial charge in [0.15, 0.2) is 0 Å². The van der Waals surface area contributed by atoms with Crippen molar-refractivity contribution in [1.82, 2.24) is 4.90 Å². The number of nitro benzene ring substituents is 1. The van der Waals surface area contributed by atoms with Gasteiger partial charge in [0, 0.05) is 36.4 Å². The largest absolute Gasteiger partial charge is 0.396 e. The number of rotatable bonds is 7. The smallest absolute Gasteiger partial charge is 0.274 e. The second-order valence-corrected chi connectivity index (χ2v) is 5.60. The van der Waals surface area contributed by atoms with Crippen molar-refractivity contribution in [2.75, 3.05) is 13.2 Å². The monoisotopic (exact) mass is 307 g/mol. The Labute approximate surface area is 128 Å². The number of nitro groups is 1. The summed E-state index contributed by atoms with van der Waals surface area (Å²) in [6, 6.07) is 4.74. The van der Waals surface area contributed by atoms with Crippen LogP contribution in [-0.4, -0.2) is 40.0 Å². The van der Waals surface area contributed by atoms with E-state index in [2.05, 4.69) is 4.90 Å². The van der Waals surface area contributed by atoms with Crippen LogP contribution in [0.15, 0.2) is 18.2 Å². The summed E-state index contributed by atoms with van der Waals surface area (Å²) in [5.41, 5.74) is 5.85. The normalized spacial score (nSPS) is 18.5. The molecule has 1 atom stereocenters. The molecule has 0 spiro atoms. The number of nitrogens with two attached hydrogens (primary N) is 1. The van der Waals surface area contributed by atoms with E-state index in [0.29, 0.717) is 18.2 Å². The summed E-state index contributed by atoms with van der Waals surface area (Å²) in [6.45, 7) is 1.54. The van der Waals surface area contributed by atoms with Crippen LogP contribution >= 0.6 is 0 Å². The predicted octanol–water partition coefficient (Wildman–Crippen LogP) is 1.43. The van der Waals surface area contributed by atoms with Crippen LogP contribution in [-0.2, 0) is 6.54 Å². The Kier molecular flexibility index (Phi) is 5.46. The maximum absolute atomic E-state index is 11.2. The first-order valence-electron chi connectivity index (χ1n) is 7.45. The molecule has 3 N–H and O–H groups in total. The first-order chi connectivity index (χ1) is 10.5. The lowest BCUT2D eigenvalue weighted by molar-refractivity contribution is -0.385. The van der Waals surface area contributed by atoms with E-state index in [4.69, 9.17) is 10.8 Å². The zero-order chi connectivity index (χ0) is 16.1. The molecular formula is C15H21N3O4. The Bertz CT molecular complexity index is 562. The number of amides is 1. The van der Waals surface area contributed by atoms with Crippen LogP contribution in [0.2, 0.25) is 0 Å². The lowest BCUT2D eigenvalue weighted by Gasteiger charge is -2.24. The predicted molar refractivity (Wildman–Crippen MR) is 81.4 cm³/mol. The van der Waals surface area contributed by atoms with Gasteiger partial charge in [-0.2, -0.15) is 0 Å². The van der Waals surface area contributed by atoms with Gasteiger partial charge in [-0.1, -0.05) is 6.07 Å². The molecule has 1 unspecified atom stereocenters. The van der Waals surface area contributed by atoms with Gasteiger partial charge in [-0.05, 0) is 38.3 Å². The average Bonchev–Trinajstić information content (AvgIpc) is 2.92. The number of hydrogen-bond donors (Lipinski definition) is 2. The molecular weight excluding hydrogens is 286 g/mol. The molecule has 1 aliphatic heterocycles. The van der Waals surface area contributed by atoms with Crippen LogP contribution in [0.4, 0.5) is 5.69 Å². The van der Waals surface area contributed by atoms with Gasteiger partial charge in [0.2, 0.25) is 5.91 Å². The third-order valence-electron chi connectivity index (χ3n) is 4.13. The van der Waals surface area contributed by atoms with Gasteiger partial charge in [0.1, 0.15) is 0 Å². The Morgan fingerprint density at radius 1 is 1.50 bits per heavy atom. The summed E-state index contributed by atoms with van der Waals surface area (Å²) in [4.78, 5) is 24.1. The van der Waals surface area contributed by atoms with Crippen molar-refractivity contribution in [1.29, 1.82) is 0 Å². The quantitative estimate of drug-likeness (QED) is 0.585. The summed E-state index contributed by atoms with van der Waals surface area (Å²) >= 11 is 0. The lowest BCUT2D eigenvalue weighted by Crippen LogP contribution is -2.29. The van der Waals surface area contributed by atoms with Gasteiger partial charge in [-0.3, -0.25) is 19.8 Å². The van der Waals surface area contributed by atoms with Crippen LogP contribution in [0.3, 0.4) is 0 Å². The van der Waals surface area contributed by atoms with Gasteiger partial charge in [0.05, 0.1) is 4.92 Å². The summed E-state index contributed by atoms with van der Waals surface area (Å²) < 4.78 is 0. The molecule has 0 aromatic heterocycles. The van der Waals surface area contributed by atoms with Crippen molar-refractivity contribution in [2.45, 2.75) is 38.3 Å². The number of carbonyl (C=O) groups excluding carboxylic acids is 1. The molecule has 1 aromatic rings. The first kappa shape index (κ1) is 16.4. The van der Waals surface area contributed by atoms with E-state index in [1.807, 2.05) is 0 Å². The van der Waals surface area contributed by atoms with E-state index in [-0.39, 0.29) is 17.9 Å². The third kappa shape index (κ3) is 3.80. The van der Waals surface area contributed by atoms with E-state index in [0.717, 1.165) is 32.2 Å². The minimum Gasteiger partial charge on any atom is -0.396 e. The van der Waals surface area contributed by atoms with Crippen molar-refractivity contribution in [3.05, 3.63) is 39.4 Å². The molecule has 22 heavy (non-hydrogen) atoms. The fourth-order valence-corrected chi connectivity index (χ4v) is 3.00. The van der Waals surface area contributed by atoms with E-state index in [1.54, 1.807) is 6.07 Å². The number of benzene rings is 1. The number of likely N-dealkylation sites (tertiary alicyclic amines) is 1. The van der Waals surface area contributed by atoms with Gasteiger partial charge >= 0.3 is 0 Å². The molecule has 2 rings (SSSR count). The van der Waals surface area contributed by atoms with E-state index < -0.39 is 10.8 Å². The molecule has 0 aliphatic carbocycles. The number of carbonyl (C=O) groups is 1. The van der Waals surface area contributed by atoms with Crippen molar-refractivity contribution < 1.29 is 14.8 Å². The second-order valence-electron chi connectivity index (χ2n) is 5.60. The molecule has 1 saturated heterocycles. The third-order valence-corrected chi connectivity index (χ3v) is 4.13. The Balaban J connectivity index is 2.17. The highest BCUT2D eigenvalue weighted by molar-refractivity contribution is 5.93. The number of aliphatic hydroxyl groups excluding tert-OH is 1. The molecule has 7 heteroatoms. The topological polar surface area (TPSA) is 110 Å². The number of aliphatic hydroxyl groups is 1. The summed E-state index contributed by atoms with van der Waals surface area (Å²) in [5.74, 6) is -0.670. The number of primary amides is 1. The molecule has 0 bridgehead atoms. The molecule has 1 heterocycles. The standard InChI is InChI=1S/C15H21N3O4/c16-15(20)11-5-6-12(14(9-11)18(21)22)10-17-7-1-3-13(17)4-2-8-19/h5-6,9,13,19H,1-4,7-8,10H2,(H2,16,20). The Hall–Kier alpha value is -1.99. The highest BCUT2D eigenvalue weighted by Crippen LogP contribution is 2.27. The minimum atomic E-state index is -0.670. The number of nitrogens with zero attached hydrogens (tertiary/aromatic N) is 2. The van der Waals surface area contributed by atoms with Crippen LogP contribution in [0.1, 0.15) is 41.6 Å². The minimum absolute atomic E-state index is 0.0656. The van der Waals surface area contributed by atoms with Crippen molar-refractivity contribution >= 4 is 11.6 Å². The lowest BCUT2D eigenvalue weighted by atomic mass is 10.1. The fourth-order valence-electron chi connectivity index (χ4n) is 3.00. The van der Waals surface area contributed by atoms with Crippen LogP contribution in [0.25, 0.3) is 0 Å². The van der Waals surface area contributed by atoms with Gasteiger partial charge in [-0.25, -0.2) is 0 Å². The fraction of sp³-hybridized carbons (Fsp3) is 0.533. The Morgan fingerprint density at radius 2 is 2.27 bits per heavy atom. The first-order valence-corrected chi connectivity index (χ1v) is 7.45. The summed E-state index contributed by atoms with van der Waals surface area (Å²) in [6.07, 6.45) is 3.74. The van der Waals surface area contributed by atoms with Crippen molar-refractivity contribution in [2.24, 2.45) is 5.73 Å². The highest BCUT2D eigenvalue weighted by atomic mass is 16.6. The van der Waals surface area contributed by atoms with E-state index in [1.165, 1.54) is 12.1 Å². The Morgan fingerprint density at radius 3 is 2.91 bits per heavy atom. The molecule has 1 amide bonds.